The second-order valence-corrected chi connectivity index (χ2v) is 7.23. The van der Waals surface area contributed by atoms with Crippen molar-refractivity contribution in [1.29, 1.82) is 0 Å². The molecule has 3 aromatic rings. The number of thioether (sulfide) groups is 1. The molecule has 2 heterocycles. The summed E-state index contributed by atoms with van der Waals surface area (Å²) in [6.07, 6.45) is 1.00. The average molecular weight is 367 g/mol. The van der Waals surface area contributed by atoms with E-state index in [1.54, 1.807) is 0 Å². The van der Waals surface area contributed by atoms with E-state index in [0.29, 0.717) is 11.0 Å². The fourth-order valence-corrected chi connectivity index (χ4v) is 3.83. The molecule has 1 saturated heterocycles. The molecule has 1 N–H and O–H groups in total. The van der Waals surface area contributed by atoms with Crippen LogP contribution in [-0.4, -0.2) is 47.7 Å². The smallest absolute Gasteiger partial charge is 0.257 e. The third-order valence-electron chi connectivity index (χ3n) is 4.49. The van der Waals surface area contributed by atoms with Crippen LogP contribution in [0.5, 0.6) is 0 Å². The molecule has 26 heavy (non-hydrogen) atoms. The highest BCUT2D eigenvalue weighted by molar-refractivity contribution is 7.99. The summed E-state index contributed by atoms with van der Waals surface area (Å²) in [5.41, 5.74) is 3.83. The lowest BCUT2D eigenvalue weighted by Gasteiger charge is -2.19. The van der Waals surface area contributed by atoms with Crippen LogP contribution < -0.4 is 5.32 Å². The van der Waals surface area contributed by atoms with E-state index in [1.165, 1.54) is 11.8 Å². The number of amides is 1. The second kappa shape index (κ2) is 7.93. The molecule has 1 aromatic heterocycles. The Balaban J connectivity index is 1.45. The first-order valence-corrected chi connectivity index (χ1v) is 9.85. The van der Waals surface area contributed by atoms with Crippen molar-refractivity contribution < 1.29 is 9.21 Å². The molecular formula is C20H21N3O2S. The van der Waals surface area contributed by atoms with Crippen molar-refractivity contribution in [3.05, 3.63) is 48.5 Å². The van der Waals surface area contributed by atoms with E-state index in [-0.39, 0.29) is 5.91 Å². The van der Waals surface area contributed by atoms with Crippen LogP contribution in [0.15, 0.2) is 58.2 Å². The van der Waals surface area contributed by atoms with Crippen LogP contribution in [0.25, 0.3) is 22.2 Å². The van der Waals surface area contributed by atoms with Gasteiger partial charge in [0.2, 0.25) is 5.91 Å². The van der Waals surface area contributed by atoms with E-state index in [2.05, 4.69) is 22.4 Å². The van der Waals surface area contributed by atoms with Crippen molar-refractivity contribution in [2.45, 2.75) is 11.6 Å². The lowest BCUT2D eigenvalue weighted by atomic mass is 10.1. The number of carbonyl (C=O) groups excluding carboxylic acids is 1. The number of benzene rings is 2. The zero-order valence-corrected chi connectivity index (χ0v) is 15.3. The highest BCUT2D eigenvalue weighted by atomic mass is 32.2. The molecule has 0 unspecified atom stereocenters. The molecule has 0 radical (unpaired) electrons. The molecule has 2 aromatic carbocycles. The summed E-state index contributed by atoms with van der Waals surface area (Å²) in [5, 5.41) is 3.86. The number of nitrogens with one attached hydrogen (secondary N) is 1. The molecule has 0 bridgehead atoms. The molecule has 6 heteroatoms. The van der Waals surface area contributed by atoms with E-state index in [1.807, 2.05) is 41.3 Å². The van der Waals surface area contributed by atoms with E-state index in [4.69, 9.17) is 4.42 Å². The molecule has 5 nitrogen and oxygen atoms in total. The van der Waals surface area contributed by atoms with Gasteiger partial charge in [0, 0.05) is 19.6 Å². The molecule has 1 fully saturated rings. The van der Waals surface area contributed by atoms with Gasteiger partial charge in [0.1, 0.15) is 5.52 Å². The Labute approximate surface area is 156 Å². The van der Waals surface area contributed by atoms with Crippen LogP contribution in [0, 0.1) is 0 Å². The van der Waals surface area contributed by atoms with Gasteiger partial charge in [0.25, 0.3) is 5.22 Å². The highest BCUT2D eigenvalue weighted by Crippen LogP contribution is 2.28. The van der Waals surface area contributed by atoms with Crippen LogP contribution >= 0.6 is 11.8 Å². The summed E-state index contributed by atoms with van der Waals surface area (Å²) in [4.78, 5) is 18.9. The Morgan fingerprint density at radius 1 is 1.12 bits per heavy atom. The first-order valence-electron chi connectivity index (χ1n) is 8.87. The Morgan fingerprint density at radius 3 is 2.88 bits per heavy atom. The van der Waals surface area contributed by atoms with Crippen molar-refractivity contribution >= 4 is 28.8 Å². The maximum Gasteiger partial charge on any atom is 0.257 e. The predicted molar refractivity (Wildman–Crippen MR) is 104 cm³/mol. The summed E-state index contributed by atoms with van der Waals surface area (Å²) >= 11 is 1.37. The fourth-order valence-electron chi connectivity index (χ4n) is 3.09. The van der Waals surface area contributed by atoms with Gasteiger partial charge in [-0.05, 0) is 36.2 Å². The van der Waals surface area contributed by atoms with Gasteiger partial charge in [-0.3, -0.25) is 4.79 Å². The van der Waals surface area contributed by atoms with Gasteiger partial charge in [-0.2, -0.15) is 0 Å². The molecule has 134 valence electrons. The summed E-state index contributed by atoms with van der Waals surface area (Å²) < 4.78 is 5.79. The van der Waals surface area contributed by atoms with Crippen LogP contribution in [0.1, 0.15) is 6.42 Å². The van der Waals surface area contributed by atoms with Gasteiger partial charge in [-0.15, -0.1) is 0 Å². The topological polar surface area (TPSA) is 58.4 Å². The van der Waals surface area contributed by atoms with Crippen LogP contribution in [-0.2, 0) is 4.79 Å². The van der Waals surface area contributed by atoms with Crippen LogP contribution in [0.2, 0.25) is 0 Å². The number of nitrogens with zero attached hydrogens (tertiary/aromatic N) is 2. The molecule has 1 aliphatic rings. The number of oxazole rings is 1. The number of rotatable bonds is 4. The standard InChI is InChI=1S/C20H21N3O2S/c24-19(23-11-4-9-21-10-12-23)14-26-20-22-17-13-16(7-8-18(17)25-20)15-5-2-1-3-6-15/h1-3,5-8,13,21H,4,9-12,14H2. The van der Waals surface area contributed by atoms with Crippen molar-refractivity contribution in [2.24, 2.45) is 0 Å². The SMILES string of the molecule is O=C(CSc1nc2cc(-c3ccccc3)ccc2o1)N1CCCNCC1. The van der Waals surface area contributed by atoms with E-state index < -0.39 is 0 Å². The third kappa shape index (κ3) is 3.92. The number of carbonyl (C=O) groups is 1. The molecule has 1 amide bonds. The average Bonchev–Trinajstić information content (AvgIpc) is 2.89. The summed E-state index contributed by atoms with van der Waals surface area (Å²) in [7, 11) is 0. The largest absolute Gasteiger partial charge is 0.431 e. The van der Waals surface area contributed by atoms with E-state index in [9.17, 15) is 4.79 Å². The molecule has 4 rings (SSSR count). The minimum atomic E-state index is 0.144. The number of hydrogen-bond donors (Lipinski definition) is 1. The molecule has 0 spiro atoms. The maximum absolute atomic E-state index is 12.4. The molecule has 0 aliphatic carbocycles. The Kier molecular flexibility index (Phi) is 5.22. The molecule has 1 aliphatic heterocycles. The van der Waals surface area contributed by atoms with Gasteiger partial charge in [-0.25, -0.2) is 4.98 Å². The van der Waals surface area contributed by atoms with Gasteiger partial charge in [-0.1, -0.05) is 48.2 Å². The molecule has 0 saturated carbocycles. The Bertz CT molecular complexity index is 886. The van der Waals surface area contributed by atoms with Crippen LogP contribution in [0.3, 0.4) is 0 Å². The van der Waals surface area contributed by atoms with Gasteiger partial charge in [0.15, 0.2) is 5.58 Å². The van der Waals surface area contributed by atoms with Crippen molar-refractivity contribution in [1.82, 2.24) is 15.2 Å². The first kappa shape index (κ1) is 17.1. The second-order valence-electron chi connectivity index (χ2n) is 6.30. The van der Waals surface area contributed by atoms with E-state index >= 15 is 0 Å². The summed E-state index contributed by atoms with van der Waals surface area (Å²) in [5.74, 6) is 0.504. The minimum absolute atomic E-state index is 0.144. The lowest BCUT2D eigenvalue weighted by Crippen LogP contribution is -2.35. The summed E-state index contributed by atoms with van der Waals surface area (Å²) in [6.45, 7) is 3.43. The minimum Gasteiger partial charge on any atom is -0.431 e. The quantitative estimate of drug-likeness (QED) is 0.716. The lowest BCUT2D eigenvalue weighted by molar-refractivity contribution is -0.128. The Hall–Kier alpha value is -2.31. The van der Waals surface area contributed by atoms with Crippen molar-refractivity contribution in [3.8, 4) is 11.1 Å². The van der Waals surface area contributed by atoms with Gasteiger partial charge >= 0.3 is 0 Å². The monoisotopic (exact) mass is 367 g/mol. The number of fused-ring (bicyclic) bond motifs is 1. The van der Waals surface area contributed by atoms with Gasteiger partial charge < -0.3 is 14.6 Å². The Morgan fingerprint density at radius 2 is 2.00 bits per heavy atom. The summed E-state index contributed by atoms with van der Waals surface area (Å²) in [6, 6.07) is 16.2. The third-order valence-corrected chi connectivity index (χ3v) is 5.30. The van der Waals surface area contributed by atoms with E-state index in [0.717, 1.165) is 54.8 Å². The number of hydrogen-bond acceptors (Lipinski definition) is 5. The number of aromatic nitrogens is 1. The van der Waals surface area contributed by atoms with Crippen molar-refractivity contribution in [2.75, 3.05) is 31.9 Å². The van der Waals surface area contributed by atoms with Crippen LogP contribution in [0.4, 0.5) is 0 Å². The zero-order valence-electron chi connectivity index (χ0n) is 14.5. The predicted octanol–water partition coefficient (Wildman–Crippen LogP) is 3.41. The maximum atomic E-state index is 12.4. The van der Waals surface area contributed by atoms with Gasteiger partial charge in [0.05, 0.1) is 5.75 Å². The normalized spacial score (nSPS) is 15.2. The first-order chi connectivity index (χ1) is 12.8. The highest BCUT2D eigenvalue weighted by Gasteiger charge is 2.17. The molecular weight excluding hydrogens is 346 g/mol. The fraction of sp³-hybridized carbons (Fsp3) is 0.300. The zero-order chi connectivity index (χ0) is 17.8. The molecule has 0 atom stereocenters. The van der Waals surface area contributed by atoms with Crippen molar-refractivity contribution in [3.63, 3.8) is 0 Å².